The van der Waals surface area contributed by atoms with Crippen molar-refractivity contribution < 1.29 is 22.7 Å². The van der Waals surface area contributed by atoms with Gasteiger partial charge in [-0.1, -0.05) is 36.4 Å². The molecule has 0 aromatic heterocycles. The summed E-state index contributed by atoms with van der Waals surface area (Å²) in [6, 6.07) is 21.1. The predicted molar refractivity (Wildman–Crippen MR) is 148 cm³/mol. The lowest BCUT2D eigenvalue weighted by Crippen LogP contribution is -2.34. The number of nitrogens with one attached hydrogen (secondary N) is 3. The zero-order chi connectivity index (χ0) is 26.8. The Balaban J connectivity index is 1.42. The molecule has 0 aliphatic carbocycles. The fourth-order valence-corrected chi connectivity index (χ4v) is 4.80. The number of esters is 1. The molecule has 0 aliphatic heterocycles. The molecule has 0 bridgehead atoms. The standard InChI is InChI=1S/C27H29N3O5S2/c1-19-16-20(2)18-23(17-19)30-37(33,34)24-10-8-22(9-11-24)28-27(36)29-25(31)12-13-26(32)35-15-14-21-6-4-3-5-7-21/h3-11,16-18,30H,12-15H2,1-2H3,(H2,28,29,31,36). The van der Waals surface area contributed by atoms with Crippen LogP contribution in [-0.2, 0) is 30.8 Å². The Labute approximate surface area is 222 Å². The number of amides is 1. The Morgan fingerprint density at radius 1 is 0.865 bits per heavy atom. The van der Waals surface area contributed by atoms with Crippen LogP contribution in [0.1, 0.15) is 29.5 Å². The number of hydrogen-bond acceptors (Lipinski definition) is 6. The molecule has 0 saturated heterocycles. The molecule has 3 aromatic rings. The van der Waals surface area contributed by atoms with Crippen molar-refractivity contribution >= 4 is 50.6 Å². The van der Waals surface area contributed by atoms with Gasteiger partial charge in [0.25, 0.3) is 10.0 Å². The Hall–Kier alpha value is -3.76. The largest absolute Gasteiger partial charge is 0.465 e. The molecule has 1 amide bonds. The van der Waals surface area contributed by atoms with Crippen LogP contribution in [0.2, 0.25) is 0 Å². The minimum atomic E-state index is -3.77. The van der Waals surface area contributed by atoms with Crippen molar-refractivity contribution in [3.05, 3.63) is 89.5 Å². The number of anilines is 2. The van der Waals surface area contributed by atoms with Gasteiger partial charge in [-0.25, -0.2) is 8.42 Å². The van der Waals surface area contributed by atoms with Crippen LogP contribution in [0.5, 0.6) is 0 Å². The normalized spacial score (nSPS) is 10.9. The highest BCUT2D eigenvalue weighted by atomic mass is 32.2. The zero-order valence-electron chi connectivity index (χ0n) is 20.6. The number of aryl methyl sites for hydroxylation is 2. The lowest BCUT2D eigenvalue weighted by molar-refractivity contribution is -0.144. The van der Waals surface area contributed by atoms with Gasteiger partial charge in [0.05, 0.1) is 17.9 Å². The Morgan fingerprint density at radius 2 is 1.51 bits per heavy atom. The molecule has 3 rings (SSSR count). The summed E-state index contributed by atoms with van der Waals surface area (Å²) in [5.74, 6) is -0.898. The second-order valence-corrected chi connectivity index (χ2v) is 10.6. The molecule has 0 spiro atoms. The molecule has 8 nitrogen and oxygen atoms in total. The predicted octanol–water partition coefficient (Wildman–Crippen LogP) is 4.48. The first-order valence-electron chi connectivity index (χ1n) is 11.6. The van der Waals surface area contributed by atoms with Crippen LogP contribution in [0.4, 0.5) is 11.4 Å². The lowest BCUT2D eigenvalue weighted by Gasteiger charge is -2.12. The molecule has 0 heterocycles. The van der Waals surface area contributed by atoms with Crippen LogP contribution in [0.3, 0.4) is 0 Å². The second kappa shape index (κ2) is 13.0. The van der Waals surface area contributed by atoms with E-state index in [9.17, 15) is 18.0 Å². The molecule has 0 atom stereocenters. The van der Waals surface area contributed by atoms with Crippen LogP contribution in [0, 0.1) is 13.8 Å². The molecule has 0 aliphatic rings. The average molecular weight is 540 g/mol. The lowest BCUT2D eigenvalue weighted by atomic mass is 10.1. The summed E-state index contributed by atoms with van der Waals surface area (Å²) in [7, 11) is -3.77. The number of ether oxygens (including phenoxy) is 1. The van der Waals surface area contributed by atoms with E-state index in [1.165, 1.54) is 12.1 Å². The van der Waals surface area contributed by atoms with Gasteiger partial charge < -0.3 is 15.4 Å². The zero-order valence-corrected chi connectivity index (χ0v) is 22.2. The summed E-state index contributed by atoms with van der Waals surface area (Å²) >= 11 is 5.14. The third kappa shape index (κ3) is 9.32. The van der Waals surface area contributed by atoms with Crippen molar-refractivity contribution in [3.63, 3.8) is 0 Å². The van der Waals surface area contributed by atoms with Crippen molar-refractivity contribution in [1.82, 2.24) is 5.32 Å². The monoisotopic (exact) mass is 539 g/mol. The van der Waals surface area contributed by atoms with E-state index in [1.54, 1.807) is 24.3 Å². The summed E-state index contributed by atoms with van der Waals surface area (Å²) in [5, 5.41) is 5.35. The molecule has 3 N–H and O–H groups in total. The third-order valence-corrected chi connectivity index (χ3v) is 6.80. The van der Waals surface area contributed by atoms with Crippen molar-refractivity contribution in [2.24, 2.45) is 0 Å². The first-order valence-corrected chi connectivity index (χ1v) is 13.5. The summed E-state index contributed by atoms with van der Waals surface area (Å²) in [6.07, 6.45) is 0.463. The van der Waals surface area contributed by atoms with Gasteiger partial charge in [-0.2, -0.15) is 0 Å². The maximum Gasteiger partial charge on any atom is 0.306 e. The van der Waals surface area contributed by atoms with E-state index < -0.39 is 21.9 Å². The quantitative estimate of drug-likeness (QED) is 0.257. The van der Waals surface area contributed by atoms with Gasteiger partial charge in [0, 0.05) is 24.2 Å². The number of rotatable bonds is 10. The van der Waals surface area contributed by atoms with Gasteiger partial charge in [-0.05, 0) is 79.2 Å². The fraction of sp³-hybridized carbons (Fsp3) is 0.222. The highest BCUT2D eigenvalue weighted by Gasteiger charge is 2.15. The Kier molecular flexibility index (Phi) is 9.76. The van der Waals surface area contributed by atoms with Crippen molar-refractivity contribution in [1.29, 1.82) is 0 Å². The minimum absolute atomic E-state index is 0.0337. The summed E-state index contributed by atoms with van der Waals surface area (Å²) < 4.78 is 33.2. The van der Waals surface area contributed by atoms with Gasteiger partial charge in [0.1, 0.15) is 0 Å². The maximum absolute atomic E-state index is 12.7. The van der Waals surface area contributed by atoms with E-state index in [1.807, 2.05) is 50.2 Å². The molecular weight excluding hydrogens is 510 g/mol. The Bertz CT molecular complexity index is 1340. The van der Waals surface area contributed by atoms with Gasteiger partial charge in [-0.15, -0.1) is 0 Å². The topological polar surface area (TPSA) is 114 Å². The first kappa shape index (κ1) is 27.8. The van der Waals surface area contributed by atoms with E-state index in [4.69, 9.17) is 17.0 Å². The molecule has 0 unspecified atom stereocenters. The Morgan fingerprint density at radius 3 is 2.16 bits per heavy atom. The number of thiocarbonyl (C=S) groups is 1. The van der Waals surface area contributed by atoms with Crippen LogP contribution < -0.4 is 15.4 Å². The summed E-state index contributed by atoms with van der Waals surface area (Å²) in [4.78, 5) is 24.1. The molecule has 37 heavy (non-hydrogen) atoms. The van der Waals surface area contributed by atoms with E-state index in [0.29, 0.717) is 17.8 Å². The molecule has 0 fully saturated rings. The fourth-order valence-electron chi connectivity index (χ4n) is 3.53. The van der Waals surface area contributed by atoms with Crippen molar-refractivity contribution in [2.75, 3.05) is 16.6 Å². The van der Waals surface area contributed by atoms with Crippen LogP contribution >= 0.6 is 12.2 Å². The number of hydrogen-bond donors (Lipinski definition) is 3. The van der Waals surface area contributed by atoms with Gasteiger partial charge in [-0.3, -0.25) is 14.3 Å². The molecule has 194 valence electrons. The minimum Gasteiger partial charge on any atom is -0.465 e. The second-order valence-electron chi connectivity index (χ2n) is 8.46. The van der Waals surface area contributed by atoms with Gasteiger partial charge in [0.15, 0.2) is 5.11 Å². The van der Waals surface area contributed by atoms with E-state index in [-0.39, 0.29) is 29.5 Å². The molecule has 0 saturated carbocycles. The number of carbonyl (C=O) groups excluding carboxylic acids is 2. The summed E-state index contributed by atoms with van der Waals surface area (Å²) in [5.41, 5.74) is 3.95. The van der Waals surface area contributed by atoms with Gasteiger partial charge >= 0.3 is 5.97 Å². The average Bonchev–Trinajstić information content (AvgIpc) is 2.83. The first-order chi connectivity index (χ1) is 17.6. The van der Waals surface area contributed by atoms with E-state index in [0.717, 1.165) is 16.7 Å². The van der Waals surface area contributed by atoms with Crippen molar-refractivity contribution in [2.45, 2.75) is 38.0 Å². The smallest absolute Gasteiger partial charge is 0.306 e. The van der Waals surface area contributed by atoms with E-state index in [2.05, 4.69) is 15.4 Å². The molecule has 3 aromatic carbocycles. The van der Waals surface area contributed by atoms with Crippen LogP contribution in [-0.4, -0.2) is 32.0 Å². The molecular formula is C27H29N3O5S2. The van der Waals surface area contributed by atoms with E-state index >= 15 is 0 Å². The maximum atomic E-state index is 12.7. The molecule has 10 heteroatoms. The number of carbonyl (C=O) groups is 2. The summed E-state index contributed by atoms with van der Waals surface area (Å²) in [6.45, 7) is 4.04. The SMILES string of the molecule is Cc1cc(C)cc(NS(=O)(=O)c2ccc(NC(=S)NC(=O)CCC(=O)OCCc3ccccc3)cc2)c1. The number of benzene rings is 3. The molecule has 0 radical (unpaired) electrons. The van der Waals surface area contributed by atoms with Crippen molar-refractivity contribution in [3.8, 4) is 0 Å². The van der Waals surface area contributed by atoms with Gasteiger partial charge in [0.2, 0.25) is 5.91 Å². The number of sulfonamides is 1. The highest BCUT2D eigenvalue weighted by molar-refractivity contribution is 7.92. The van der Waals surface area contributed by atoms with Crippen LogP contribution in [0.25, 0.3) is 0 Å². The highest BCUT2D eigenvalue weighted by Crippen LogP contribution is 2.20. The third-order valence-electron chi connectivity index (χ3n) is 5.20. The van der Waals surface area contributed by atoms with Crippen LogP contribution in [0.15, 0.2) is 77.7 Å².